The molecule has 0 amide bonds. The van der Waals surface area contributed by atoms with Gasteiger partial charge in [0.1, 0.15) is 17.2 Å². The van der Waals surface area contributed by atoms with Gasteiger partial charge in [-0.25, -0.2) is 4.98 Å². The van der Waals surface area contributed by atoms with Gasteiger partial charge < -0.3 is 5.32 Å². The molecule has 120 valence electrons. The molecule has 2 aromatic heterocycles. The van der Waals surface area contributed by atoms with E-state index in [0.717, 1.165) is 28.4 Å². The number of hydrogen-bond donors (Lipinski definition) is 1. The quantitative estimate of drug-likeness (QED) is 0.675. The molecular formula is C19H22ClN3. The standard InChI is InChI=1S/C19H22ClN3/c1-12-9-13(2)23-16(10-12)21-17(18(23)22-19(3,4)5)14-7-6-8-15(20)11-14/h6-11,22H,1-5H3. The van der Waals surface area contributed by atoms with Gasteiger partial charge in [0.2, 0.25) is 0 Å². The molecule has 3 aromatic rings. The van der Waals surface area contributed by atoms with Crippen molar-refractivity contribution in [2.24, 2.45) is 0 Å². The zero-order valence-electron chi connectivity index (χ0n) is 14.2. The molecule has 0 aliphatic heterocycles. The highest BCUT2D eigenvalue weighted by molar-refractivity contribution is 6.30. The molecule has 1 N–H and O–H groups in total. The minimum Gasteiger partial charge on any atom is -0.365 e. The van der Waals surface area contributed by atoms with Gasteiger partial charge in [0, 0.05) is 21.8 Å². The molecule has 23 heavy (non-hydrogen) atoms. The van der Waals surface area contributed by atoms with E-state index in [2.05, 4.69) is 56.5 Å². The Balaban J connectivity index is 2.32. The number of nitrogens with one attached hydrogen (secondary N) is 1. The van der Waals surface area contributed by atoms with E-state index in [9.17, 15) is 0 Å². The number of imidazole rings is 1. The molecule has 0 fully saturated rings. The first-order valence-corrected chi connectivity index (χ1v) is 8.16. The summed E-state index contributed by atoms with van der Waals surface area (Å²) in [7, 11) is 0. The van der Waals surface area contributed by atoms with E-state index in [1.165, 1.54) is 5.56 Å². The summed E-state index contributed by atoms with van der Waals surface area (Å²) in [5.74, 6) is 1.01. The molecule has 2 heterocycles. The molecule has 0 spiro atoms. The van der Waals surface area contributed by atoms with E-state index in [0.29, 0.717) is 5.02 Å². The van der Waals surface area contributed by atoms with Crippen molar-refractivity contribution < 1.29 is 0 Å². The number of aryl methyl sites for hydroxylation is 2. The van der Waals surface area contributed by atoms with Gasteiger partial charge in [-0.3, -0.25) is 4.40 Å². The van der Waals surface area contributed by atoms with Crippen LogP contribution in [0.2, 0.25) is 5.02 Å². The Hall–Kier alpha value is -2.00. The summed E-state index contributed by atoms with van der Waals surface area (Å²) < 4.78 is 2.18. The smallest absolute Gasteiger partial charge is 0.139 e. The molecule has 3 nitrogen and oxygen atoms in total. The zero-order chi connectivity index (χ0) is 16.8. The van der Waals surface area contributed by atoms with Crippen LogP contribution in [0, 0.1) is 13.8 Å². The van der Waals surface area contributed by atoms with Crippen LogP contribution in [0.25, 0.3) is 16.9 Å². The molecule has 3 rings (SSSR count). The number of pyridine rings is 1. The van der Waals surface area contributed by atoms with Crippen LogP contribution in [0.4, 0.5) is 5.82 Å². The van der Waals surface area contributed by atoms with Gasteiger partial charge in [0.25, 0.3) is 0 Å². The molecule has 0 aliphatic rings. The van der Waals surface area contributed by atoms with Gasteiger partial charge >= 0.3 is 0 Å². The third kappa shape index (κ3) is 3.20. The highest BCUT2D eigenvalue weighted by atomic mass is 35.5. The molecule has 0 unspecified atom stereocenters. The molecule has 0 atom stereocenters. The van der Waals surface area contributed by atoms with Gasteiger partial charge in [-0.05, 0) is 64.4 Å². The second-order valence-corrected chi connectivity index (χ2v) is 7.50. The number of halogens is 1. The second kappa shape index (κ2) is 5.57. The number of rotatable bonds is 2. The zero-order valence-corrected chi connectivity index (χ0v) is 15.0. The number of aromatic nitrogens is 2. The average Bonchev–Trinajstić information content (AvgIpc) is 2.75. The van der Waals surface area contributed by atoms with Crippen molar-refractivity contribution in [3.63, 3.8) is 0 Å². The van der Waals surface area contributed by atoms with Crippen LogP contribution >= 0.6 is 11.6 Å². The van der Waals surface area contributed by atoms with Crippen molar-refractivity contribution in [2.75, 3.05) is 5.32 Å². The van der Waals surface area contributed by atoms with E-state index in [1.807, 2.05) is 24.3 Å². The van der Waals surface area contributed by atoms with Gasteiger partial charge in [0.15, 0.2) is 0 Å². The summed E-state index contributed by atoms with van der Waals surface area (Å²) in [6.07, 6.45) is 0. The monoisotopic (exact) mass is 327 g/mol. The van der Waals surface area contributed by atoms with Gasteiger partial charge in [-0.1, -0.05) is 23.7 Å². The first-order chi connectivity index (χ1) is 10.7. The maximum Gasteiger partial charge on any atom is 0.139 e. The van der Waals surface area contributed by atoms with E-state index in [-0.39, 0.29) is 5.54 Å². The van der Waals surface area contributed by atoms with Gasteiger partial charge in [-0.15, -0.1) is 0 Å². The SMILES string of the molecule is Cc1cc(C)n2c(NC(C)(C)C)c(-c3cccc(Cl)c3)nc2c1. The lowest BCUT2D eigenvalue weighted by Gasteiger charge is -2.23. The number of anilines is 1. The fourth-order valence-electron chi connectivity index (χ4n) is 2.84. The molecule has 0 bridgehead atoms. The van der Waals surface area contributed by atoms with Crippen LogP contribution in [-0.2, 0) is 0 Å². The Bertz CT molecular complexity index is 872. The summed E-state index contributed by atoms with van der Waals surface area (Å²) in [5.41, 5.74) is 5.19. The van der Waals surface area contributed by atoms with Crippen molar-refractivity contribution >= 4 is 23.1 Å². The summed E-state index contributed by atoms with van der Waals surface area (Å²) in [6, 6.07) is 12.1. The lowest BCUT2D eigenvalue weighted by atomic mass is 10.1. The number of benzene rings is 1. The predicted octanol–water partition coefficient (Wildman–Crippen LogP) is 5.48. The van der Waals surface area contributed by atoms with Crippen molar-refractivity contribution in [1.29, 1.82) is 0 Å². The minimum atomic E-state index is -0.0688. The third-order valence-electron chi connectivity index (χ3n) is 3.64. The predicted molar refractivity (Wildman–Crippen MR) is 98.5 cm³/mol. The second-order valence-electron chi connectivity index (χ2n) is 7.06. The fourth-order valence-corrected chi connectivity index (χ4v) is 3.03. The van der Waals surface area contributed by atoms with Crippen molar-refractivity contribution in [1.82, 2.24) is 9.38 Å². The Morgan fingerprint density at radius 2 is 1.83 bits per heavy atom. The largest absolute Gasteiger partial charge is 0.365 e. The number of nitrogens with zero attached hydrogens (tertiary/aromatic N) is 2. The molecule has 0 saturated carbocycles. The van der Waals surface area contributed by atoms with Crippen LogP contribution in [-0.4, -0.2) is 14.9 Å². The summed E-state index contributed by atoms with van der Waals surface area (Å²) in [5, 5.41) is 4.33. The first-order valence-electron chi connectivity index (χ1n) is 7.78. The van der Waals surface area contributed by atoms with E-state index in [4.69, 9.17) is 16.6 Å². The highest BCUT2D eigenvalue weighted by Gasteiger charge is 2.20. The maximum atomic E-state index is 6.18. The average molecular weight is 328 g/mol. The van der Waals surface area contributed by atoms with Crippen molar-refractivity contribution in [3.05, 3.63) is 52.7 Å². The summed E-state index contributed by atoms with van der Waals surface area (Å²) in [6.45, 7) is 10.7. The third-order valence-corrected chi connectivity index (χ3v) is 3.88. The van der Waals surface area contributed by atoms with E-state index < -0.39 is 0 Å². The minimum absolute atomic E-state index is 0.0688. The van der Waals surface area contributed by atoms with Gasteiger partial charge in [-0.2, -0.15) is 0 Å². The topological polar surface area (TPSA) is 29.3 Å². The highest BCUT2D eigenvalue weighted by Crippen LogP contribution is 2.33. The Morgan fingerprint density at radius 1 is 1.09 bits per heavy atom. The Morgan fingerprint density at radius 3 is 2.48 bits per heavy atom. The molecular weight excluding hydrogens is 306 g/mol. The lowest BCUT2D eigenvalue weighted by Crippen LogP contribution is -2.27. The molecule has 4 heteroatoms. The fraction of sp³-hybridized carbons (Fsp3) is 0.316. The lowest BCUT2D eigenvalue weighted by molar-refractivity contribution is 0.629. The summed E-state index contributed by atoms with van der Waals surface area (Å²) >= 11 is 6.18. The maximum absolute atomic E-state index is 6.18. The summed E-state index contributed by atoms with van der Waals surface area (Å²) in [4.78, 5) is 4.87. The Labute approximate surface area is 142 Å². The molecule has 0 aliphatic carbocycles. The van der Waals surface area contributed by atoms with Gasteiger partial charge in [0.05, 0.1) is 0 Å². The van der Waals surface area contributed by atoms with Crippen molar-refractivity contribution in [3.8, 4) is 11.3 Å². The van der Waals surface area contributed by atoms with Crippen LogP contribution < -0.4 is 5.32 Å². The van der Waals surface area contributed by atoms with Crippen LogP contribution in [0.3, 0.4) is 0 Å². The molecule has 0 radical (unpaired) electrons. The first kappa shape index (κ1) is 15.9. The number of hydrogen-bond acceptors (Lipinski definition) is 2. The van der Waals surface area contributed by atoms with Crippen LogP contribution in [0.5, 0.6) is 0 Å². The molecule has 1 aromatic carbocycles. The normalized spacial score (nSPS) is 11.9. The van der Waals surface area contributed by atoms with E-state index >= 15 is 0 Å². The van der Waals surface area contributed by atoms with Crippen LogP contribution in [0.1, 0.15) is 32.0 Å². The van der Waals surface area contributed by atoms with Crippen molar-refractivity contribution in [2.45, 2.75) is 40.2 Å². The van der Waals surface area contributed by atoms with E-state index in [1.54, 1.807) is 0 Å². The number of fused-ring (bicyclic) bond motifs is 1. The molecule has 0 saturated heterocycles. The Kier molecular flexibility index (Phi) is 3.85. The van der Waals surface area contributed by atoms with Crippen LogP contribution in [0.15, 0.2) is 36.4 Å².